The van der Waals surface area contributed by atoms with Crippen molar-refractivity contribution in [1.29, 1.82) is 0 Å². The Kier molecular flexibility index (Phi) is 6.90. The van der Waals surface area contributed by atoms with E-state index < -0.39 is 0 Å². The highest BCUT2D eigenvalue weighted by molar-refractivity contribution is 7.18. The van der Waals surface area contributed by atoms with E-state index in [9.17, 15) is 4.79 Å². The van der Waals surface area contributed by atoms with Crippen LogP contribution in [0, 0.1) is 0 Å². The third kappa shape index (κ3) is 4.98. The van der Waals surface area contributed by atoms with Crippen molar-refractivity contribution in [2.75, 3.05) is 26.9 Å². The van der Waals surface area contributed by atoms with E-state index in [1.165, 1.54) is 16.9 Å². The fourth-order valence-corrected chi connectivity index (χ4v) is 5.61. The molecule has 35 heavy (non-hydrogen) atoms. The first-order chi connectivity index (χ1) is 17.2. The highest BCUT2D eigenvalue weighted by atomic mass is 32.1. The van der Waals surface area contributed by atoms with Gasteiger partial charge in [-0.25, -0.2) is 4.98 Å². The first-order valence-corrected chi connectivity index (χ1v) is 12.7. The topological polar surface area (TPSA) is 82.7 Å². The number of hydrogen-bond donors (Lipinski definition) is 1. The van der Waals surface area contributed by atoms with Crippen LogP contribution < -0.4 is 24.5 Å². The molecule has 1 aliphatic carbocycles. The van der Waals surface area contributed by atoms with Crippen molar-refractivity contribution < 1.29 is 18.9 Å². The van der Waals surface area contributed by atoms with E-state index in [-0.39, 0.29) is 5.56 Å². The summed E-state index contributed by atoms with van der Waals surface area (Å²) in [5, 5.41) is 0.759. The molecule has 0 bridgehead atoms. The summed E-state index contributed by atoms with van der Waals surface area (Å²) in [5.41, 5.74) is 1.89. The van der Waals surface area contributed by atoms with Crippen LogP contribution in [-0.4, -0.2) is 36.9 Å². The average molecular weight is 493 g/mol. The zero-order valence-corrected chi connectivity index (χ0v) is 20.7. The van der Waals surface area contributed by atoms with Crippen molar-refractivity contribution in [2.45, 2.75) is 32.6 Å². The molecule has 0 atom stereocenters. The number of fused-ring (bicyclic) bond motifs is 3. The number of rotatable bonds is 9. The van der Waals surface area contributed by atoms with Crippen LogP contribution in [0.5, 0.6) is 23.0 Å². The van der Waals surface area contributed by atoms with Gasteiger partial charge in [0.05, 0.1) is 19.1 Å². The average Bonchev–Trinajstić information content (AvgIpc) is 3.26. The van der Waals surface area contributed by atoms with E-state index in [0.29, 0.717) is 42.9 Å². The smallest absolute Gasteiger partial charge is 0.260 e. The van der Waals surface area contributed by atoms with Gasteiger partial charge >= 0.3 is 0 Å². The molecule has 0 amide bonds. The van der Waals surface area contributed by atoms with E-state index in [4.69, 9.17) is 23.9 Å². The van der Waals surface area contributed by atoms with Gasteiger partial charge in [0.25, 0.3) is 5.56 Å². The second-order valence-corrected chi connectivity index (χ2v) is 9.36. The molecule has 8 heteroatoms. The molecule has 7 nitrogen and oxygen atoms in total. The predicted octanol–water partition coefficient (Wildman–Crippen LogP) is 5.40. The summed E-state index contributed by atoms with van der Waals surface area (Å²) in [7, 11) is 1.62. The lowest BCUT2D eigenvalue weighted by molar-refractivity contribution is 0.208. The van der Waals surface area contributed by atoms with Crippen molar-refractivity contribution in [3.8, 4) is 34.4 Å². The molecule has 2 heterocycles. The molecular formula is C27H28N2O5S. The summed E-state index contributed by atoms with van der Waals surface area (Å²) in [5.74, 6) is 3.20. The molecule has 1 N–H and O–H groups in total. The van der Waals surface area contributed by atoms with Crippen LogP contribution in [0.25, 0.3) is 21.6 Å². The van der Waals surface area contributed by atoms with Crippen LogP contribution in [0.1, 0.15) is 30.2 Å². The van der Waals surface area contributed by atoms with Gasteiger partial charge in [0.2, 0.25) is 0 Å². The molecule has 0 saturated heterocycles. The lowest BCUT2D eigenvalue weighted by Gasteiger charge is -2.14. The standard InChI is InChI=1S/C27H28N2O5S/c1-3-32-22-15-17(11-12-21(22)34-14-13-33-19-8-6-7-18(16-19)31-2)25-28-26(30)24-20-9-4-5-10-23(20)35-27(24)29-25/h6-8,11-12,15-16H,3-5,9-10,13-14H2,1-2H3,(H,28,29,30). The Morgan fingerprint density at radius 3 is 2.66 bits per heavy atom. The fourth-order valence-electron chi connectivity index (χ4n) is 4.35. The molecule has 4 aromatic rings. The molecule has 1 aliphatic rings. The highest BCUT2D eigenvalue weighted by Gasteiger charge is 2.20. The van der Waals surface area contributed by atoms with Gasteiger partial charge < -0.3 is 23.9 Å². The molecule has 0 saturated carbocycles. The Labute approximate surface area is 207 Å². The van der Waals surface area contributed by atoms with Crippen LogP contribution in [0.2, 0.25) is 0 Å². The molecule has 2 aromatic carbocycles. The fraction of sp³-hybridized carbons (Fsp3) is 0.333. The molecule has 0 unspecified atom stereocenters. The van der Waals surface area contributed by atoms with Crippen molar-refractivity contribution in [2.24, 2.45) is 0 Å². The van der Waals surface area contributed by atoms with Crippen molar-refractivity contribution in [3.05, 3.63) is 63.3 Å². The first kappa shape index (κ1) is 23.2. The van der Waals surface area contributed by atoms with Crippen molar-refractivity contribution >= 4 is 21.6 Å². The van der Waals surface area contributed by atoms with Crippen LogP contribution in [-0.2, 0) is 12.8 Å². The van der Waals surface area contributed by atoms with E-state index >= 15 is 0 Å². The minimum atomic E-state index is -0.0719. The minimum absolute atomic E-state index is 0.0719. The number of aromatic nitrogens is 2. The quantitative estimate of drug-likeness (QED) is 0.315. The van der Waals surface area contributed by atoms with Gasteiger partial charge in [-0.15, -0.1) is 11.3 Å². The predicted molar refractivity (Wildman–Crippen MR) is 137 cm³/mol. The van der Waals surface area contributed by atoms with Gasteiger partial charge in [0, 0.05) is 16.5 Å². The largest absolute Gasteiger partial charge is 0.497 e. The third-order valence-corrected chi connectivity index (χ3v) is 7.18. The summed E-state index contributed by atoms with van der Waals surface area (Å²) >= 11 is 1.65. The summed E-state index contributed by atoms with van der Waals surface area (Å²) in [6.45, 7) is 3.12. The number of ether oxygens (including phenoxy) is 4. The van der Waals surface area contributed by atoms with Crippen LogP contribution in [0.15, 0.2) is 47.3 Å². The second kappa shape index (κ2) is 10.4. The third-order valence-electron chi connectivity index (χ3n) is 5.99. The van der Waals surface area contributed by atoms with Gasteiger partial charge in [-0.3, -0.25) is 4.79 Å². The number of methoxy groups -OCH3 is 1. The lowest BCUT2D eigenvalue weighted by atomic mass is 9.97. The van der Waals surface area contributed by atoms with E-state index in [1.807, 2.05) is 49.4 Å². The number of aryl methyl sites for hydroxylation is 2. The Bertz CT molecular complexity index is 1390. The Morgan fingerprint density at radius 2 is 1.80 bits per heavy atom. The molecule has 5 rings (SSSR count). The maximum absolute atomic E-state index is 12.9. The van der Waals surface area contributed by atoms with Crippen LogP contribution in [0.4, 0.5) is 0 Å². The maximum Gasteiger partial charge on any atom is 0.260 e. The van der Waals surface area contributed by atoms with Crippen LogP contribution >= 0.6 is 11.3 Å². The van der Waals surface area contributed by atoms with Gasteiger partial charge in [0.15, 0.2) is 11.5 Å². The Morgan fingerprint density at radius 1 is 0.971 bits per heavy atom. The van der Waals surface area contributed by atoms with Gasteiger partial charge in [-0.1, -0.05) is 6.07 Å². The number of benzene rings is 2. The summed E-state index contributed by atoms with van der Waals surface area (Å²) < 4.78 is 22.7. The number of nitrogens with one attached hydrogen (secondary N) is 1. The van der Waals surface area contributed by atoms with Crippen LogP contribution in [0.3, 0.4) is 0 Å². The molecule has 182 valence electrons. The van der Waals surface area contributed by atoms with E-state index in [1.54, 1.807) is 18.4 Å². The highest BCUT2D eigenvalue weighted by Crippen LogP contribution is 2.36. The molecule has 0 radical (unpaired) electrons. The maximum atomic E-state index is 12.9. The van der Waals surface area contributed by atoms with Crippen molar-refractivity contribution in [3.63, 3.8) is 0 Å². The summed E-state index contributed by atoms with van der Waals surface area (Å²) in [4.78, 5) is 22.8. The molecule has 2 aromatic heterocycles. The molecule has 0 spiro atoms. The number of hydrogen-bond acceptors (Lipinski definition) is 7. The summed E-state index contributed by atoms with van der Waals surface area (Å²) in [6.07, 6.45) is 4.30. The lowest BCUT2D eigenvalue weighted by Crippen LogP contribution is -2.11. The molecular weight excluding hydrogens is 464 g/mol. The summed E-state index contributed by atoms with van der Waals surface area (Å²) in [6, 6.07) is 13.0. The van der Waals surface area contributed by atoms with E-state index in [2.05, 4.69) is 4.98 Å². The van der Waals surface area contributed by atoms with Crippen molar-refractivity contribution in [1.82, 2.24) is 9.97 Å². The SMILES string of the molecule is CCOc1cc(-c2nc3sc4c(c3c(=O)[nH]2)CCCC4)ccc1OCCOc1cccc(OC)c1. The normalized spacial score (nSPS) is 12.9. The molecule has 0 fully saturated rings. The zero-order chi connectivity index (χ0) is 24.2. The number of nitrogens with zero attached hydrogens (tertiary/aromatic N) is 1. The first-order valence-electron chi connectivity index (χ1n) is 11.9. The number of aromatic amines is 1. The monoisotopic (exact) mass is 492 g/mol. The minimum Gasteiger partial charge on any atom is -0.497 e. The molecule has 0 aliphatic heterocycles. The second-order valence-electron chi connectivity index (χ2n) is 8.28. The Hall–Kier alpha value is -3.52. The number of H-pyrrole nitrogens is 1. The van der Waals surface area contributed by atoms with E-state index in [0.717, 1.165) is 40.8 Å². The Balaban J connectivity index is 1.33. The number of thiophene rings is 1. The van der Waals surface area contributed by atoms with Gasteiger partial charge in [0.1, 0.15) is 35.4 Å². The zero-order valence-electron chi connectivity index (χ0n) is 19.9. The van der Waals surface area contributed by atoms with Gasteiger partial charge in [-0.05, 0) is 68.5 Å². The van der Waals surface area contributed by atoms with Gasteiger partial charge in [-0.2, -0.15) is 0 Å².